The molecular weight excluding hydrogens is 981 g/mol. The summed E-state index contributed by atoms with van der Waals surface area (Å²) in [5.74, 6) is -1.98. The van der Waals surface area contributed by atoms with Crippen LogP contribution in [0.3, 0.4) is 0 Å². The van der Waals surface area contributed by atoms with E-state index in [0.717, 1.165) is 35.2 Å². The first-order chi connectivity index (χ1) is 36.2. The molecule has 0 radical (unpaired) electrons. The standard InChI is InChI=1S/C60H76N6O9S/c1-11-65(35-44-25-19-29-48(63-44)52(67)74-57(2,3)4)38-60(56(70)72-10)51(42-23-16-13-17-24-42)66(36-45-26-18-27-46(62-45)47-28-20-30-49(64-47)53(68)75-58(5,6)7)50(41-21-14-12-15-22-41)59(8,55(69)71-9)54(60)73-37-40-31-33-43(34-32-40)61-39-76/h12-17,19-26,29-34,44,46-47,49-51,54,62-64H,11,18,27-28,35-38H2,1-10H3/t44?,46?,47?,49?,50?,51?,54-,59?,60?/m1/s1. The van der Waals surface area contributed by atoms with Gasteiger partial charge >= 0.3 is 23.9 Å². The first kappa shape index (κ1) is 57.4. The van der Waals surface area contributed by atoms with E-state index in [9.17, 15) is 9.59 Å². The number of benzene rings is 3. The van der Waals surface area contributed by atoms with Crippen LogP contribution in [0.2, 0.25) is 0 Å². The van der Waals surface area contributed by atoms with E-state index in [-0.39, 0.29) is 43.8 Å². The number of dihydropyridines is 1. The number of isothiocyanates is 1. The maximum Gasteiger partial charge on any atom is 0.354 e. The van der Waals surface area contributed by atoms with Gasteiger partial charge in [-0.1, -0.05) is 110 Å². The number of allylic oxidation sites excluding steroid dienone is 3. The summed E-state index contributed by atoms with van der Waals surface area (Å²) in [6, 6.07) is 24.3. The summed E-state index contributed by atoms with van der Waals surface area (Å²) >= 11 is 4.89. The molecule has 8 unspecified atom stereocenters. The van der Waals surface area contributed by atoms with Crippen molar-refractivity contribution in [3.63, 3.8) is 0 Å². The molecule has 4 aliphatic rings. The summed E-state index contributed by atoms with van der Waals surface area (Å²) in [5, 5.41) is 13.3. The van der Waals surface area contributed by atoms with Crippen molar-refractivity contribution in [1.82, 2.24) is 25.8 Å². The lowest BCUT2D eigenvalue weighted by Gasteiger charge is -2.62. The molecule has 1 saturated heterocycles. The van der Waals surface area contributed by atoms with Gasteiger partial charge in [-0.25, -0.2) is 9.59 Å². The van der Waals surface area contributed by atoms with Gasteiger partial charge in [0.15, 0.2) is 0 Å². The third-order valence-corrected chi connectivity index (χ3v) is 14.6. The molecule has 0 bridgehead atoms. The molecule has 0 aliphatic carbocycles. The maximum absolute atomic E-state index is 16.0. The molecule has 3 N–H and O–H groups in total. The van der Waals surface area contributed by atoms with Gasteiger partial charge in [-0.15, -0.1) is 0 Å². The number of likely N-dealkylation sites (tertiary alicyclic amines) is 1. The summed E-state index contributed by atoms with van der Waals surface area (Å²) in [4.78, 5) is 66.9. The predicted molar refractivity (Wildman–Crippen MR) is 296 cm³/mol. The SMILES string of the molecule is CCN(CC1C=CC=C(C(=O)OC(C)(C)C)N1)CC1(C(=O)OC)C(c2ccccc2)N(CC2=CCCC(C3CC=CC(C(=O)OC(C)(C)C)N3)N2)C(c2ccccc2)C(C)(C(=O)OC)[C@H]1OCc1ccc(N=C=S)cc1. The molecule has 76 heavy (non-hydrogen) atoms. The zero-order chi connectivity index (χ0) is 54.8. The number of hydrogen-bond donors (Lipinski definition) is 3. The van der Waals surface area contributed by atoms with Crippen LogP contribution in [0.1, 0.15) is 103 Å². The van der Waals surface area contributed by atoms with Crippen LogP contribution in [0.5, 0.6) is 0 Å². The highest BCUT2D eigenvalue weighted by molar-refractivity contribution is 7.78. The molecule has 3 aromatic rings. The monoisotopic (exact) mass is 1060 g/mol. The highest BCUT2D eigenvalue weighted by atomic mass is 32.1. The fourth-order valence-corrected chi connectivity index (χ4v) is 11.5. The van der Waals surface area contributed by atoms with E-state index >= 15 is 9.59 Å². The van der Waals surface area contributed by atoms with E-state index in [4.69, 9.17) is 35.9 Å². The lowest BCUT2D eigenvalue weighted by atomic mass is 9.55. The van der Waals surface area contributed by atoms with Gasteiger partial charge < -0.3 is 34.3 Å². The van der Waals surface area contributed by atoms with Crippen LogP contribution >= 0.6 is 12.2 Å². The maximum atomic E-state index is 16.0. The van der Waals surface area contributed by atoms with E-state index in [2.05, 4.69) is 42.0 Å². The molecule has 4 heterocycles. The molecule has 9 atom stereocenters. The zero-order valence-electron chi connectivity index (χ0n) is 45.7. The van der Waals surface area contributed by atoms with Crippen molar-refractivity contribution < 1.29 is 42.9 Å². The van der Waals surface area contributed by atoms with Crippen molar-refractivity contribution in [1.29, 1.82) is 0 Å². The lowest BCUT2D eigenvalue weighted by molar-refractivity contribution is -0.239. The Morgan fingerprint density at radius 1 is 0.829 bits per heavy atom. The largest absolute Gasteiger partial charge is 0.468 e. The third-order valence-electron chi connectivity index (χ3n) is 14.5. The fraction of sp³-hybridized carbons (Fsp3) is 0.483. The average molecular weight is 1060 g/mol. The molecule has 0 spiro atoms. The smallest absolute Gasteiger partial charge is 0.354 e. The van der Waals surface area contributed by atoms with Gasteiger partial charge in [0.05, 0.1) is 55.9 Å². The summed E-state index contributed by atoms with van der Waals surface area (Å²) < 4.78 is 31.0. The van der Waals surface area contributed by atoms with Crippen molar-refractivity contribution in [3.05, 3.63) is 149 Å². The number of aliphatic imine (C=N–C) groups is 1. The van der Waals surface area contributed by atoms with Gasteiger partial charge in [0, 0.05) is 37.4 Å². The lowest BCUT2D eigenvalue weighted by Crippen LogP contribution is -2.72. The molecule has 0 saturated carbocycles. The molecule has 0 amide bonds. The van der Waals surface area contributed by atoms with Crippen molar-refractivity contribution in [2.45, 2.75) is 135 Å². The molecular formula is C60H76N6O9S. The van der Waals surface area contributed by atoms with Crippen LogP contribution in [0.4, 0.5) is 5.69 Å². The minimum absolute atomic E-state index is 0.00873. The number of nitrogens with zero attached hydrogens (tertiary/aromatic N) is 3. The number of carbonyl (C=O) groups excluding carboxylic acids is 4. The van der Waals surface area contributed by atoms with Crippen LogP contribution < -0.4 is 16.0 Å². The second-order valence-corrected chi connectivity index (χ2v) is 22.4. The fourth-order valence-electron chi connectivity index (χ4n) is 11.4. The highest BCUT2D eigenvalue weighted by Crippen LogP contribution is 2.62. The van der Waals surface area contributed by atoms with Crippen LogP contribution in [0.15, 0.2) is 138 Å². The molecule has 3 aromatic carbocycles. The Morgan fingerprint density at radius 2 is 1.47 bits per heavy atom. The Labute approximate surface area is 454 Å². The third kappa shape index (κ3) is 13.3. The summed E-state index contributed by atoms with van der Waals surface area (Å²) in [6.45, 7) is 16.0. The molecule has 4 aliphatic heterocycles. The van der Waals surface area contributed by atoms with Crippen LogP contribution in [0, 0.1) is 10.8 Å². The highest BCUT2D eigenvalue weighted by Gasteiger charge is 2.71. The topological polar surface area (TPSA) is 169 Å². The molecule has 15 nitrogen and oxygen atoms in total. The normalized spacial score (nSPS) is 26.6. The average Bonchev–Trinajstić information content (AvgIpc) is 3.55. The first-order valence-electron chi connectivity index (χ1n) is 26.3. The van der Waals surface area contributed by atoms with Crippen LogP contribution in [0.25, 0.3) is 0 Å². The van der Waals surface area contributed by atoms with Gasteiger partial charge in [-0.05, 0) is 121 Å². The van der Waals surface area contributed by atoms with Crippen molar-refractivity contribution >= 4 is 46.9 Å². The molecule has 1 fully saturated rings. The van der Waals surface area contributed by atoms with Crippen molar-refractivity contribution in [2.24, 2.45) is 15.8 Å². The van der Waals surface area contributed by atoms with Crippen molar-refractivity contribution in [3.8, 4) is 0 Å². The number of ether oxygens (including phenoxy) is 5. The van der Waals surface area contributed by atoms with Crippen LogP contribution in [-0.2, 0) is 49.5 Å². The number of likely N-dealkylation sites (N-methyl/N-ethyl adjacent to an activating group) is 1. The molecule has 16 heteroatoms. The Kier molecular flexibility index (Phi) is 18.8. The Morgan fingerprint density at radius 3 is 2.08 bits per heavy atom. The molecule has 7 rings (SSSR count). The first-order valence-corrected chi connectivity index (χ1v) is 26.7. The Balaban J connectivity index is 1.40. The summed E-state index contributed by atoms with van der Waals surface area (Å²) in [5.41, 5.74) is -0.507. The zero-order valence-corrected chi connectivity index (χ0v) is 46.5. The number of nitrogens with one attached hydrogen (secondary N) is 3. The number of carbonyl (C=O) groups is 4. The Bertz CT molecular complexity index is 2690. The van der Waals surface area contributed by atoms with Gasteiger partial charge in [-0.3, -0.25) is 24.7 Å². The van der Waals surface area contributed by atoms with Crippen LogP contribution in [-0.4, -0.2) is 121 Å². The number of methoxy groups -OCH3 is 2. The van der Waals surface area contributed by atoms with E-state index < -0.39 is 64.2 Å². The second kappa shape index (κ2) is 24.8. The summed E-state index contributed by atoms with van der Waals surface area (Å²) in [7, 11) is 2.75. The van der Waals surface area contributed by atoms with Crippen molar-refractivity contribution in [2.75, 3.05) is 40.4 Å². The van der Waals surface area contributed by atoms with E-state index in [0.29, 0.717) is 30.9 Å². The van der Waals surface area contributed by atoms with Gasteiger partial charge in [0.2, 0.25) is 0 Å². The van der Waals surface area contributed by atoms with Gasteiger partial charge in [0.1, 0.15) is 33.8 Å². The Hall–Kier alpha value is -6.26. The molecule has 0 aromatic heterocycles. The number of rotatable bonds is 18. The van der Waals surface area contributed by atoms with E-state index in [1.807, 2.05) is 165 Å². The minimum atomic E-state index is -1.70. The summed E-state index contributed by atoms with van der Waals surface area (Å²) in [6.07, 6.45) is 12.6. The number of esters is 4. The predicted octanol–water partition coefficient (Wildman–Crippen LogP) is 8.78. The number of piperidine rings is 1. The van der Waals surface area contributed by atoms with E-state index in [1.165, 1.54) is 14.2 Å². The molecule has 406 valence electrons. The second-order valence-electron chi connectivity index (χ2n) is 22.2. The minimum Gasteiger partial charge on any atom is -0.468 e. The quantitative estimate of drug-likeness (QED) is 0.0363. The van der Waals surface area contributed by atoms with Gasteiger partial charge in [0.25, 0.3) is 0 Å². The number of hydrogen-bond acceptors (Lipinski definition) is 16. The van der Waals surface area contributed by atoms with Gasteiger partial charge in [-0.2, -0.15) is 4.99 Å². The number of thiocarbonyl (C=S) groups is 1. The van der Waals surface area contributed by atoms with E-state index in [1.54, 1.807) is 6.08 Å².